The number of carbonyl (C=O) groups is 1. The van der Waals surface area contributed by atoms with Crippen LogP contribution in [0.1, 0.15) is 219 Å². The molecule has 3 heteroatoms. The molecule has 3 nitrogen and oxygen atoms in total. The van der Waals surface area contributed by atoms with Gasteiger partial charge in [-0.15, -0.1) is 0 Å². The molecule has 0 saturated carbocycles. The van der Waals surface area contributed by atoms with Gasteiger partial charge in [0, 0.05) is 6.42 Å². The number of unbranched alkanes of at least 4 members (excludes halogenated alkanes) is 27. The van der Waals surface area contributed by atoms with Gasteiger partial charge in [-0.05, 0) is 19.3 Å². The molecule has 0 aromatic carbocycles. The minimum absolute atomic E-state index is 0.126. The summed E-state index contributed by atoms with van der Waals surface area (Å²) in [5.74, 6) is -0.126. The molecule has 40 heavy (non-hydrogen) atoms. The summed E-state index contributed by atoms with van der Waals surface area (Å²) in [4.78, 5) is 23.1. The van der Waals surface area contributed by atoms with Crippen molar-refractivity contribution in [1.29, 1.82) is 0 Å². The number of hydrogen-bond donors (Lipinski definition) is 0. The van der Waals surface area contributed by atoms with Crippen molar-refractivity contribution in [2.24, 2.45) is 0 Å². The van der Waals surface area contributed by atoms with Gasteiger partial charge in [-0.2, -0.15) is 0 Å². The Balaban J connectivity index is 3.43. The molecule has 1 radical (unpaired) electrons. The van der Waals surface area contributed by atoms with E-state index in [1.807, 2.05) is 6.29 Å². The molecule has 0 aliphatic carbocycles. The third kappa shape index (κ3) is 31.7. The summed E-state index contributed by atoms with van der Waals surface area (Å²) < 4.78 is 5.60. The minimum Gasteiger partial charge on any atom is -0.462 e. The Morgan fingerprint density at radius 2 is 0.775 bits per heavy atom. The molecule has 0 fully saturated rings. The van der Waals surface area contributed by atoms with Gasteiger partial charge in [0.1, 0.15) is 6.10 Å². The van der Waals surface area contributed by atoms with Crippen molar-refractivity contribution in [3.05, 3.63) is 0 Å². The van der Waals surface area contributed by atoms with E-state index in [1.54, 1.807) is 0 Å². The smallest absolute Gasteiger partial charge is 0.306 e. The third-order valence-corrected chi connectivity index (χ3v) is 8.47. The minimum atomic E-state index is -0.264. The highest BCUT2D eigenvalue weighted by Crippen LogP contribution is 2.17. The highest BCUT2D eigenvalue weighted by Gasteiger charge is 2.14. The van der Waals surface area contributed by atoms with Gasteiger partial charge in [0.15, 0.2) is 0 Å². The van der Waals surface area contributed by atoms with Gasteiger partial charge in [-0.25, -0.2) is 0 Å². The molecule has 0 aromatic rings. The zero-order valence-electron chi connectivity index (χ0n) is 27.4. The molecule has 0 spiro atoms. The standard InChI is InChI=1S/C37H71O3/c1-3-5-7-9-11-13-14-15-16-17-18-19-20-21-22-23-25-27-29-31-33-37(39)40-36(34-35-38)32-30-28-26-24-12-10-8-6-4-2/h36H,3-34H2,1-2H3. The van der Waals surface area contributed by atoms with E-state index < -0.39 is 0 Å². The summed E-state index contributed by atoms with van der Waals surface area (Å²) in [5, 5.41) is 0. The Morgan fingerprint density at radius 3 is 1.10 bits per heavy atom. The lowest BCUT2D eigenvalue weighted by Gasteiger charge is -2.15. The average Bonchev–Trinajstić information content (AvgIpc) is 2.95. The predicted molar refractivity (Wildman–Crippen MR) is 175 cm³/mol. The van der Waals surface area contributed by atoms with E-state index in [9.17, 15) is 9.59 Å². The molecule has 0 saturated heterocycles. The molecule has 0 aliphatic heterocycles. The molecule has 0 rings (SSSR count). The summed E-state index contributed by atoms with van der Waals surface area (Å²) in [5.41, 5.74) is 0. The van der Waals surface area contributed by atoms with E-state index in [-0.39, 0.29) is 18.5 Å². The zero-order chi connectivity index (χ0) is 29.2. The molecule has 1 unspecified atom stereocenters. The number of hydrogen-bond acceptors (Lipinski definition) is 3. The molecule has 0 aromatic heterocycles. The van der Waals surface area contributed by atoms with Crippen molar-refractivity contribution >= 4 is 12.3 Å². The average molecular weight is 564 g/mol. The quantitative estimate of drug-likeness (QED) is 0.0577. The summed E-state index contributed by atoms with van der Waals surface area (Å²) in [6, 6.07) is 0. The Kier molecular flexibility index (Phi) is 33.6. The maximum Gasteiger partial charge on any atom is 0.306 e. The monoisotopic (exact) mass is 564 g/mol. The Bertz CT molecular complexity index is 504. The Hall–Kier alpha value is -0.860. The summed E-state index contributed by atoms with van der Waals surface area (Å²) in [6.45, 7) is 4.54. The van der Waals surface area contributed by atoms with Crippen molar-refractivity contribution < 1.29 is 14.3 Å². The van der Waals surface area contributed by atoms with Crippen LogP contribution in [-0.2, 0) is 14.3 Å². The van der Waals surface area contributed by atoms with Crippen molar-refractivity contribution in [2.45, 2.75) is 225 Å². The summed E-state index contributed by atoms with van der Waals surface area (Å²) in [6.07, 6.45) is 41.9. The van der Waals surface area contributed by atoms with E-state index in [0.29, 0.717) is 6.42 Å². The van der Waals surface area contributed by atoms with Crippen LogP contribution in [0.3, 0.4) is 0 Å². The van der Waals surface area contributed by atoms with Gasteiger partial charge < -0.3 is 4.74 Å². The van der Waals surface area contributed by atoms with Crippen LogP contribution in [0.2, 0.25) is 0 Å². The summed E-state index contributed by atoms with van der Waals surface area (Å²) in [7, 11) is 0. The second kappa shape index (κ2) is 34.3. The van der Waals surface area contributed by atoms with Gasteiger partial charge in [0.05, 0.1) is 6.42 Å². The van der Waals surface area contributed by atoms with E-state index in [2.05, 4.69) is 13.8 Å². The lowest BCUT2D eigenvalue weighted by atomic mass is 10.0. The second-order valence-electron chi connectivity index (χ2n) is 12.5. The van der Waals surface area contributed by atoms with Crippen LogP contribution in [0.15, 0.2) is 0 Å². The maximum atomic E-state index is 12.2. The number of esters is 1. The van der Waals surface area contributed by atoms with Crippen LogP contribution in [0, 0.1) is 0 Å². The topological polar surface area (TPSA) is 43.4 Å². The molecule has 0 N–H and O–H groups in total. The highest BCUT2D eigenvalue weighted by atomic mass is 16.5. The zero-order valence-corrected chi connectivity index (χ0v) is 27.4. The first-order valence-corrected chi connectivity index (χ1v) is 18.3. The SMILES string of the molecule is CCCCCCCCCCCCCCCCCCCCCCC(=O)OC(C[C]=O)CCCCCCCCCCC. The van der Waals surface area contributed by atoms with Crippen LogP contribution < -0.4 is 0 Å². The Labute approximate surface area is 251 Å². The van der Waals surface area contributed by atoms with Crippen LogP contribution in [-0.4, -0.2) is 18.4 Å². The lowest BCUT2D eigenvalue weighted by Crippen LogP contribution is -2.18. The molecule has 1 atom stereocenters. The van der Waals surface area contributed by atoms with Crippen molar-refractivity contribution in [1.82, 2.24) is 0 Å². The van der Waals surface area contributed by atoms with Gasteiger partial charge in [-0.1, -0.05) is 187 Å². The number of carbonyl (C=O) groups excluding carboxylic acids is 2. The number of ether oxygens (including phenoxy) is 1. The fourth-order valence-corrected chi connectivity index (χ4v) is 5.75. The molecule has 0 aliphatic rings. The predicted octanol–water partition coefficient (Wildman–Crippen LogP) is 12.5. The van der Waals surface area contributed by atoms with Crippen molar-refractivity contribution in [3.63, 3.8) is 0 Å². The van der Waals surface area contributed by atoms with E-state index in [4.69, 9.17) is 4.74 Å². The Morgan fingerprint density at radius 1 is 0.475 bits per heavy atom. The van der Waals surface area contributed by atoms with Gasteiger partial charge in [0.25, 0.3) is 0 Å². The first-order valence-electron chi connectivity index (χ1n) is 18.3. The van der Waals surface area contributed by atoms with E-state index in [0.717, 1.165) is 25.7 Å². The normalized spacial score (nSPS) is 12.1. The van der Waals surface area contributed by atoms with Gasteiger partial charge in [-0.3, -0.25) is 9.59 Å². The molecule has 0 bridgehead atoms. The largest absolute Gasteiger partial charge is 0.462 e. The van der Waals surface area contributed by atoms with E-state index >= 15 is 0 Å². The van der Waals surface area contributed by atoms with Gasteiger partial charge >= 0.3 is 5.97 Å². The van der Waals surface area contributed by atoms with Crippen molar-refractivity contribution in [3.8, 4) is 0 Å². The fourth-order valence-electron chi connectivity index (χ4n) is 5.75. The van der Waals surface area contributed by atoms with Gasteiger partial charge in [0.2, 0.25) is 6.29 Å². The first-order chi connectivity index (χ1) is 19.7. The van der Waals surface area contributed by atoms with Crippen LogP contribution in [0.4, 0.5) is 0 Å². The second-order valence-corrected chi connectivity index (χ2v) is 12.5. The van der Waals surface area contributed by atoms with Crippen LogP contribution in [0.5, 0.6) is 0 Å². The number of rotatable bonds is 34. The lowest BCUT2D eigenvalue weighted by molar-refractivity contribution is -0.149. The van der Waals surface area contributed by atoms with Crippen molar-refractivity contribution in [2.75, 3.05) is 0 Å². The molecule has 0 amide bonds. The van der Waals surface area contributed by atoms with Crippen LogP contribution >= 0.6 is 0 Å². The maximum absolute atomic E-state index is 12.2. The van der Waals surface area contributed by atoms with E-state index in [1.165, 1.54) is 167 Å². The third-order valence-electron chi connectivity index (χ3n) is 8.47. The fraction of sp³-hybridized carbons (Fsp3) is 0.946. The molecule has 0 heterocycles. The first kappa shape index (κ1) is 39.1. The molecule has 237 valence electrons. The molecular weight excluding hydrogens is 492 g/mol. The van der Waals surface area contributed by atoms with Crippen LogP contribution in [0.25, 0.3) is 0 Å². The highest BCUT2D eigenvalue weighted by molar-refractivity contribution is 5.69. The summed E-state index contributed by atoms with van der Waals surface area (Å²) >= 11 is 0. The molecular formula is C37H71O3.